The molecule has 0 radical (unpaired) electrons. The largest absolute Gasteiger partial charge is 0.364 e. The summed E-state index contributed by atoms with van der Waals surface area (Å²) in [4.78, 5) is 33.9. The molecule has 6 nitrogen and oxygen atoms in total. The van der Waals surface area contributed by atoms with Crippen molar-refractivity contribution in [2.24, 2.45) is 0 Å². The number of rotatable bonds is 8. The Balaban J connectivity index is 2.31. The van der Waals surface area contributed by atoms with Crippen LogP contribution in [-0.4, -0.2) is 38.6 Å². The topological polar surface area (TPSA) is 75.2 Å². The molecule has 2 heterocycles. The van der Waals surface area contributed by atoms with E-state index in [0.717, 1.165) is 36.9 Å². The number of amides is 1. The van der Waals surface area contributed by atoms with Gasteiger partial charge in [0, 0.05) is 37.4 Å². The molecule has 0 saturated carbocycles. The molecule has 2 rings (SSSR count). The molecule has 7 heteroatoms. The van der Waals surface area contributed by atoms with Crippen LogP contribution in [0.15, 0.2) is 0 Å². The van der Waals surface area contributed by atoms with Gasteiger partial charge in [-0.2, -0.15) is 0 Å². The second-order valence-electron chi connectivity index (χ2n) is 7.45. The number of Topliss-reactive ketones (excluding diaryl/α,β-unsaturated/α-hetero) is 1. The van der Waals surface area contributed by atoms with Gasteiger partial charge in [0.25, 0.3) is 0 Å². The van der Waals surface area contributed by atoms with E-state index in [1.165, 1.54) is 0 Å². The molecule has 1 N–H and O–H groups in total. The van der Waals surface area contributed by atoms with Crippen LogP contribution < -0.4 is 5.32 Å². The summed E-state index contributed by atoms with van der Waals surface area (Å²) in [6, 6.07) is 0. The fraction of sp³-hybridized carbons (Fsp3) is 0.684. The molecule has 1 aromatic rings. The Morgan fingerprint density at radius 3 is 2.62 bits per heavy atom. The maximum Gasteiger partial charge on any atom is 0.224 e. The molecule has 1 atom stereocenters. The van der Waals surface area contributed by atoms with Crippen LogP contribution in [0.1, 0.15) is 71.1 Å². The number of aromatic nitrogens is 2. The molecule has 0 unspecified atom stereocenters. The van der Waals surface area contributed by atoms with Crippen molar-refractivity contribution < 1.29 is 9.59 Å². The monoisotopic (exact) mass is 380 g/mol. The van der Waals surface area contributed by atoms with E-state index in [4.69, 9.17) is 11.6 Å². The van der Waals surface area contributed by atoms with Crippen LogP contribution in [0.5, 0.6) is 0 Å². The maximum absolute atomic E-state index is 11.8. The first-order valence-corrected chi connectivity index (χ1v) is 9.70. The summed E-state index contributed by atoms with van der Waals surface area (Å²) in [5, 5.41) is 3.76. The number of carbonyl (C=O) groups is 2. The fourth-order valence-electron chi connectivity index (χ4n) is 3.31. The Morgan fingerprint density at radius 1 is 1.27 bits per heavy atom. The van der Waals surface area contributed by atoms with Gasteiger partial charge in [-0.1, -0.05) is 19.8 Å². The minimum absolute atomic E-state index is 0.0434. The highest BCUT2D eigenvalue weighted by Crippen LogP contribution is 2.31. The Hall–Kier alpha value is -1.69. The van der Waals surface area contributed by atoms with Crippen molar-refractivity contribution in [1.82, 2.24) is 14.9 Å². The van der Waals surface area contributed by atoms with Gasteiger partial charge < -0.3 is 15.0 Å². The van der Waals surface area contributed by atoms with Crippen molar-refractivity contribution in [3.63, 3.8) is 0 Å². The maximum atomic E-state index is 11.8. The van der Waals surface area contributed by atoms with Crippen LogP contribution in [0.3, 0.4) is 0 Å². The number of ketones is 1. The summed E-state index contributed by atoms with van der Waals surface area (Å²) in [6.45, 7) is 8.61. The number of hydrogen-bond donors (Lipinski definition) is 1. The van der Waals surface area contributed by atoms with Gasteiger partial charge in [-0.05, 0) is 38.3 Å². The molecular formula is C19H29ClN4O2. The number of nitrogens with one attached hydrogen (secondary N) is 1. The van der Waals surface area contributed by atoms with Gasteiger partial charge >= 0.3 is 0 Å². The van der Waals surface area contributed by atoms with Crippen LogP contribution in [0.25, 0.3) is 0 Å². The summed E-state index contributed by atoms with van der Waals surface area (Å²) in [6.07, 6.45) is 5.00. The fourth-order valence-corrected chi connectivity index (χ4v) is 3.50. The van der Waals surface area contributed by atoms with Crippen LogP contribution in [0, 0.1) is 0 Å². The average molecular weight is 381 g/mol. The number of halogens is 1. The number of fused-ring (bicyclic) bond motifs is 1. The lowest BCUT2D eigenvalue weighted by atomic mass is 9.88. The lowest BCUT2D eigenvalue weighted by Gasteiger charge is -2.34. The molecule has 0 saturated heterocycles. The molecule has 0 bridgehead atoms. The first kappa shape index (κ1) is 20.6. The highest BCUT2D eigenvalue weighted by Gasteiger charge is 2.29. The summed E-state index contributed by atoms with van der Waals surface area (Å²) < 4.78 is 0. The van der Waals surface area contributed by atoms with Gasteiger partial charge in [0.1, 0.15) is 11.6 Å². The molecule has 26 heavy (non-hydrogen) atoms. The van der Waals surface area contributed by atoms with Gasteiger partial charge in [0.05, 0.1) is 12.2 Å². The molecule has 0 aliphatic carbocycles. The molecule has 0 fully saturated rings. The third-order valence-electron chi connectivity index (χ3n) is 5.01. The predicted octanol–water partition coefficient (Wildman–Crippen LogP) is 3.76. The Labute approximate surface area is 160 Å². The highest BCUT2D eigenvalue weighted by molar-refractivity contribution is 6.28. The van der Waals surface area contributed by atoms with Gasteiger partial charge in [0.2, 0.25) is 11.2 Å². The lowest BCUT2D eigenvalue weighted by Crippen LogP contribution is -2.39. The Kier molecular flexibility index (Phi) is 6.98. The standard InChI is InChI=1S/C19H29ClN4O2/c1-5-6-9-19(4,10-7-13(2)25)23-17-15-12-24(14(3)26)11-8-16(15)21-18(20)22-17/h5-12H2,1-4H3,(H,21,22,23)/t19-/m1/s1. The van der Waals surface area contributed by atoms with E-state index in [1.54, 1.807) is 18.7 Å². The van der Waals surface area contributed by atoms with Crippen molar-refractivity contribution in [3.8, 4) is 0 Å². The first-order valence-electron chi connectivity index (χ1n) is 9.32. The number of carbonyl (C=O) groups excluding carboxylic acids is 2. The molecule has 144 valence electrons. The van der Waals surface area contributed by atoms with E-state index in [1.807, 2.05) is 0 Å². The van der Waals surface area contributed by atoms with Gasteiger partial charge in [0.15, 0.2) is 0 Å². The van der Waals surface area contributed by atoms with E-state index in [-0.39, 0.29) is 22.5 Å². The number of anilines is 1. The molecule has 1 aliphatic rings. The molecule has 0 aromatic carbocycles. The van der Waals surface area contributed by atoms with Crippen LogP contribution in [-0.2, 0) is 22.6 Å². The van der Waals surface area contributed by atoms with Gasteiger partial charge in [-0.15, -0.1) is 0 Å². The summed E-state index contributed by atoms with van der Waals surface area (Å²) in [7, 11) is 0. The quantitative estimate of drug-likeness (QED) is 0.695. The summed E-state index contributed by atoms with van der Waals surface area (Å²) in [5.74, 6) is 0.912. The van der Waals surface area contributed by atoms with E-state index in [9.17, 15) is 9.59 Å². The Bertz CT molecular complexity index is 680. The normalized spacial score (nSPS) is 16.0. The van der Waals surface area contributed by atoms with Crippen LogP contribution in [0.2, 0.25) is 5.28 Å². The number of hydrogen-bond acceptors (Lipinski definition) is 5. The van der Waals surface area contributed by atoms with Crippen LogP contribution in [0.4, 0.5) is 5.82 Å². The second-order valence-corrected chi connectivity index (χ2v) is 7.79. The van der Waals surface area contributed by atoms with Crippen molar-refractivity contribution in [3.05, 3.63) is 16.5 Å². The third-order valence-corrected chi connectivity index (χ3v) is 5.18. The van der Waals surface area contributed by atoms with Crippen LogP contribution >= 0.6 is 11.6 Å². The molecular weight excluding hydrogens is 352 g/mol. The van der Waals surface area contributed by atoms with E-state index in [2.05, 4.69) is 29.1 Å². The Morgan fingerprint density at radius 2 is 2.00 bits per heavy atom. The second kappa shape index (κ2) is 8.80. The van der Waals surface area contributed by atoms with Crippen molar-refractivity contribution in [2.45, 2.75) is 78.3 Å². The zero-order chi connectivity index (χ0) is 19.3. The van der Waals surface area contributed by atoms with Gasteiger partial charge in [-0.25, -0.2) is 9.97 Å². The lowest BCUT2D eigenvalue weighted by molar-refractivity contribution is -0.129. The molecule has 0 spiro atoms. The van der Waals surface area contributed by atoms with E-state index < -0.39 is 0 Å². The summed E-state index contributed by atoms with van der Waals surface area (Å²) >= 11 is 6.14. The summed E-state index contributed by atoms with van der Waals surface area (Å²) in [5.41, 5.74) is 1.57. The van der Waals surface area contributed by atoms with E-state index in [0.29, 0.717) is 31.7 Å². The molecule has 1 amide bonds. The minimum Gasteiger partial charge on any atom is -0.364 e. The van der Waals surface area contributed by atoms with Crippen molar-refractivity contribution in [1.29, 1.82) is 0 Å². The van der Waals surface area contributed by atoms with Crippen molar-refractivity contribution in [2.75, 3.05) is 11.9 Å². The number of nitrogens with zero attached hydrogens (tertiary/aromatic N) is 3. The SMILES string of the molecule is CCCC[C@](C)(CCC(C)=O)Nc1nc(Cl)nc2c1CN(C(C)=O)CC2. The zero-order valence-electron chi connectivity index (χ0n) is 16.2. The molecule has 1 aliphatic heterocycles. The first-order chi connectivity index (χ1) is 12.2. The molecule has 1 aromatic heterocycles. The average Bonchev–Trinajstić information content (AvgIpc) is 2.58. The smallest absolute Gasteiger partial charge is 0.224 e. The van der Waals surface area contributed by atoms with E-state index >= 15 is 0 Å². The zero-order valence-corrected chi connectivity index (χ0v) is 16.9. The third kappa shape index (κ3) is 5.40. The van der Waals surface area contributed by atoms with Gasteiger partial charge in [-0.3, -0.25) is 4.79 Å². The highest BCUT2D eigenvalue weighted by atomic mass is 35.5. The minimum atomic E-state index is -0.258. The predicted molar refractivity (Wildman–Crippen MR) is 103 cm³/mol. The number of unbranched alkanes of at least 4 members (excludes halogenated alkanes) is 1. The van der Waals surface area contributed by atoms with Crippen molar-refractivity contribution >= 4 is 29.1 Å².